The van der Waals surface area contributed by atoms with Crippen molar-refractivity contribution < 1.29 is 28.6 Å². The van der Waals surface area contributed by atoms with Crippen molar-refractivity contribution in [2.75, 3.05) is 6.61 Å². The number of ketones is 1. The van der Waals surface area contributed by atoms with E-state index in [4.69, 9.17) is 25.8 Å². The Morgan fingerprint density at radius 2 is 1.76 bits per heavy atom. The summed E-state index contributed by atoms with van der Waals surface area (Å²) in [7, 11) is 0. The van der Waals surface area contributed by atoms with Gasteiger partial charge in [0.1, 0.15) is 24.0 Å². The first-order valence-electron chi connectivity index (χ1n) is 8.90. The zero-order valence-electron chi connectivity index (χ0n) is 14.9. The summed E-state index contributed by atoms with van der Waals surface area (Å²) in [4.78, 5) is 37.2. The predicted molar refractivity (Wildman–Crippen MR) is 102 cm³/mol. The van der Waals surface area contributed by atoms with Crippen LogP contribution in [0.1, 0.15) is 21.5 Å². The molecule has 7 heteroatoms. The van der Waals surface area contributed by atoms with Crippen LogP contribution in [0.15, 0.2) is 72.0 Å². The predicted octanol–water partition coefficient (Wildman–Crippen LogP) is 3.88. The molecule has 0 bridgehead atoms. The molecule has 2 unspecified atom stereocenters. The minimum atomic E-state index is -1.37. The Morgan fingerprint density at radius 1 is 1.03 bits per heavy atom. The van der Waals surface area contributed by atoms with E-state index in [1.807, 2.05) is 6.07 Å². The molecular formula is C22H13ClO6. The lowest BCUT2D eigenvalue weighted by Crippen LogP contribution is -2.48. The smallest absolute Gasteiger partial charge is 0.404 e. The quantitative estimate of drug-likeness (QED) is 0.554. The molecule has 2 aliphatic heterocycles. The molecule has 2 aromatic carbocycles. The third-order valence-corrected chi connectivity index (χ3v) is 5.48. The molecule has 5 rings (SSSR count). The number of hydrogen-bond acceptors (Lipinski definition) is 6. The zero-order valence-corrected chi connectivity index (χ0v) is 15.6. The number of fused-ring (bicyclic) bond motifs is 6. The molecule has 1 spiro atoms. The molecule has 6 nitrogen and oxygen atoms in total. The van der Waals surface area contributed by atoms with Crippen LogP contribution in [0.2, 0.25) is 0 Å². The number of para-hydroxylation sites is 1. The van der Waals surface area contributed by atoms with E-state index >= 15 is 0 Å². The Kier molecular flexibility index (Phi) is 3.86. The highest BCUT2D eigenvalue weighted by Crippen LogP contribution is 2.56. The van der Waals surface area contributed by atoms with Crippen molar-refractivity contribution in [2.45, 2.75) is 5.60 Å². The third-order valence-electron chi connectivity index (χ3n) is 5.38. The number of rotatable bonds is 2. The summed E-state index contributed by atoms with van der Waals surface area (Å²) in [5.74, 6) is -0.943. The molecule has 2 atom stereocenters. The standard InChI is InChI=1S/C22H13ClO6/c23-21(26)27-11-12-9-10-17-18(19(12)24)22(15-7-3-4-8-16(15)28-17)14-6-2-1-5-13(14)20(25)29-22/h1-10,18H,11H2. The highest BCUT2D eigenvalue weighted by Gasteiger charge is 2.61. The summed E-state index contributed by atoms with van der Waals surface area (Å²) >= 11 is 5.25. The number of Topliss-reactive ketones (excluding diaryl/α,β-unsaturated/α-hetero) is 1. The van der Waals surface area contributed by atoms with Gasteiger partial charge in [-0.25, -0.2) is 9.59 Å². The van der Waals surface area contributed by atoms with Gasteiger partial charge in [0.15, 0.2) is 11.4 Å². The number of esters is 1. The number of carbonyl (C=O) groups is 3. The number of halogens is 1. The molecule has 0 aromatic heterocycles. The zero-order chi connectivity index (χ0) is 20.2. The minimum absolute atomic E-state index is 0.232. The van der Waals surface area contributed by atoms with Crippen molar-refractivity contribution in [3.05, 3.63) is 88.7 Å². The van der Waals surface area contributed by atoms with E-state index in [1.54, 1.807) is 48.5 Å². The molecule has 0 saturated heterocycles. The van der Waals surface area contributed by atoms with E-state index < -0.39 is 22.9 Å². The molecule has 144 valence electrons. The van der Waals surface area contributed by atoms with Crippen molar-refractivity contribution in [1.82, 2.24) is 0 Å². The highest BCUT2D eigenvalue weighted by atomic mass is 35.5. The van der Waals surface area contributed by atoms with Crippen molar-refractivity contribution >= 4 is 28.8 Å². The Labute approximate surface area is 170 Å². The summed E-state index contributed by atoms with van der Waals surface area (Å²) < 4.78 is 16.7. The lowest BCUT2D eigenvalue weighted by Gasteiger charge is -2.42. The van der Waals surface area contributed by atoms with Crippen LogP contribution in [-0.4, -0.2) is 23.8 Å². The monoisotopic (exact) mass is 408 g/mol. The maximum absolute atomic E-state index is 13.4. The number of hydrogen-bond donors (Lipinski definition) is 0. The van der Waals surface area contributed by atoms with Gasteiger partial charge >= 0.3 is 11.4 Å². The average Bonchev–Trinajstić information content (AvgIpc) is 3.01. The summed E-state index contributed by atoms with van der Waals surface area (Å²) in [5, 5.41) is 0. The van der Waals surface area contributed by atoms with Crippen molar-refractivity contribution in [3.8, 4) is 5.75 Å². The van der Waals surface area contributed by atoms with Gasteiger partial charge in [-0.15, -0.1) is 0 Å². The lowest BCUT2D eigenvalue weighted by molar-refractivity contribution is -0.127. The normalized spacial score (nSPS) is 23.8. The second kappa shape index (κ2) is 6.32. The molecule has 2 aromatic rings. The molecule has 0 N–H and O–H groups in total. The molecule has 3 aliphatic rings. The van der Waals surface area contributed by atoms with E-state index in [9.17, 15) is 14.4 Å². The first kappa shape index (κ1) is 17.7. The molecule has 29 heavy (non-hydrogen) atoms. The largest absolute Gasteiger partial charge is 0.460 e. The summed E-state index contributed by atoms with van der Waals surface area (Å²) in [6, 6.07) is 14.2. The highest BCUT2D eigenvalue weighted by molar-refractivity contribution is 6.61. The van der Waals surface area contributed by atoms with Gasteiger partial charge in [0.2, 0.25) is 0 Å². The van der Waals surface area contributed by atoms with Crippen LogP contribution in [0.5, 0.6) is 5.75 Å². The van der Waals surface area contributed by atoms with Crippen LogP contribution < -0.4 is 4.74 Å². The second-order valence-corrected chi connectivity index (χ2v) is 7.16. The number of carbonyl (C=O) groups excluding carboxylic acids is 3. The Balaban J connectivity index is 1.73. The maximum Gasteiger partial charge on any atom is 0.404 e. The summed E-state index contributed by atoms with van der Waals surface area (Å²) in [5.41, 5.74) is -0.554. The summed E-state index contributed by atoms with van der Waals surface area (Å²) in [6.45, 7) is -0.283. The van der Waals surface area contributed by atoms with Gasteiger partial charge in [-0.1, -0.05) is 36.4 Å². The first-order chi connectivity index (χ1) is 14.0. The first-order valence-corrected chi connectivity index (χ1v) is 9.27. The van der Waals surface area contributed by atoms with Crippen LogP contribution in [0.25, 0.3) is 0 Å². The van der Waals surface area contributed by atoms with E-state index in [2.05, 4.69) is 0 Å². The Hall–Kier alpha value is -3.38. The molecule has 0 radical (unpaired) electrons. The fourth-order valence-corrected chi connectivity index (χ4v) is 4.26. The topological polar surface area (TPSA) is 78.9 Å². The third kappa shape index (κ3) is 2.46. The SMILES string of the molecule is O=C(Cl)OCC1=CC=C2Oc3ccccc3C3(OC(=O)c4ccccc43)C2C1=O. The van der Waals surface area contributed by atoms with E-state index in [0.29, 0.717) is 28.2 Å². The van der Waals surface area contributed by atoms with Gasteiger partial charge < -0.3 is 14.2 Å². The van der Waals surface area contributed by atoms with Crippen molar-refractivity contribution in [1.29, 1.82) is 0 Å². The Bertz CT molecular complexity index is 1150. The number of benzene rings is 2. The molecule has 1 aliphatic carbocycles. The second-order valence-electron chi connectivity index (χ2n) is 6.85. The van der Waals surface area contributed by atoms with E-state index in [1.165, 1.54) is 6.08 Å². The van der Waals surface area contributed by atoms with E-state index in [-0.39, 0.29) is 18.0 Å². The van der Waals surface area contributed by atoms with Crippen molar-refractivity contribution in [3.63, 3.8) is 0 Å². The average molecular weight is 409 g/mol. The van der Waals surface area contributed by atoms with Gasteiger partial charge in [-0.2, -0.15) is 0 Å². The Morgan fingerprint density at radius 3 is 2.55 bits per heavy atom. The van der Waals surface area contributed by atoms with Crippen LogP contribution in [0, 0.1) is 5.92 Å². The van der Waals surface area contributed by atoms with E-state index in [0.717, 1.165) is 0 Å². The molecule has 2 heterocycles. The molecular weight excluding hydrogens is 396 g/mol. The molecule has 0 saturated carbocycles. The fraction of sp³-hybridized carbons (Fsp3) is 0.136. The van der Waals surface area contributed by atoms with Crippen LogP contribution in [-0.2, 0) is 19.9 Å². The van der Waals surface area contributed by atoms with Crippen LogP contribution >= 0.6 is 11.6 Å². The van der Waals surface area contributed by atoms with Crippen molar-refractivity contribution in [2.24, 2.45) is 5.92 Å². The molecule has 0 amide bonds. The number of allylic oxidation sites excluding steroid dienone is 2. The maximum atomic E-state index is 13.4. The minimum Gasteiger partial charge on any atom is -0.460 e. The van der Waals surface area contributed by atoms with Gasteiger partial charge in [0.05, 0.1) is 5.56 Å². The summed E-state index contributed by atoms with van der Waals surface area (Å²) in [6.07, 6.45) is 3.16. The fourth-order valence-electron chi connectivity index (χ4n) is 4.21. The number of ether oxygens (including phenoxy) is 3. The van der Waals surface area contributed by atoms with Crippen LogP contribution in [0.3, 0.4) is 0 Å². The van der Waals surface area contributed by atoms with Gasteiger partial charge in [0, 0.05) is 28.3 Å². The van der Waals surface area contributed by atoms with Gasteiger partial charge in [-0.05, 0) is 24.3 Å². The van der Waals surface area contributed by atoms with Gasteiger partial charge in [-0.3, -0.25) is 4.79 Å². The van der Waals surface area contributed by atoms with Crippen LogP contribution in [0.4, 0.5) is 4.79 Å². The lowest BCUT2D eigenvalue weighted by atomic mass is 9.69. The van der Waals surface area contributed by atoms with Gasteiger partial charge in [0.25, 0.3) is 0 Å². The molecule has 0 fully saturated rings.